The zero-order valence-corrected chi connectivity index (χ0v) is 12.1. The van der Waals surface area contributed by atoms with E-state index in [9.17, 15) is 4.79 Å². The molecule has 0 aliphatic rings. The van der Waals surface area contributed by atoms with Gasteiger partial charge in [-0.05, 0) is 17.5 Å². The SMILES string of the molecule is CN(C)C(=O)CNCc1ccc(C(C)(C)C)s1. The van der Waals surface area contributed by atoms with Crippen LogP contribution in [0.3, 0.4) is 0 Å². The maximum Gasteiger partial charge on any atom is 0.236 e. The van der Waals surface area contributed by atoms with E-state index in [0.29, 0.717) is 6.54 Å². The second kappa shape index (κ2) is 5.65. The van der Waals surface area contributed by atoms with E-state index in [1.807, 2.05) is 11.3 Å². The van der Waals surface area contributed by atoms with Gasteiger partial charge in [-0.3, -0.25) is 4.79 Å². The topological polar surface area (TPSA) is 32.3 Å². The van der Waals surface area contributed by atoms with E-state index < -0.39 is 0 Å². The first-order valence-electron chi connectivity index (χ1n) is 5.81. The van der Waals surface area contributed by atoms with E-state index in [-0.39, 0.29) is 11.3 Å². The molecule has 0 spiro atoms. The average molecular weight is 254 g/mol. The summed E-state index contributed by atoms with van der Waals surface area (Å²) in [5.41, 5.74) is 0.211. The Kier molecular flexibility index (Phi) is 4.71. The molecule has 17 heavy (non-hydrogen) atoms. The van der Waals surface area contributed by atoms with Crippen molar-refractivity contribution in [3.8, 4) is 0 Å². The zero-order chi connectivity index (χ0) is 13.1. The molecule has 3 nitrogen and oxygen atoms in total. The molecule has 1 rings (SSSR count). The maximum atomic E-state index is 11.4. The second-order valence-corrected chi connectivity index (χ2v) is 6.58. The highest BCUT2D eigenvalue weighted by molar-refractivity contribution is 7.12. The van der Waals surface area contributed by atoms with Gasteiger partial charge in [0.25, 0.3) is 0 Å². The zero-order valence-electron chi connectivity index (χ0n) is 11.3. The lowest BCUT2D eigenvalue weighted by molar-refractivity contribution is -0.127. The number of carbonyl (C=O) groups excluding carboxylic acids is 1. The van der Waals surface area contributed by atoms with Crippen molar-refractivity contribution < 1.29 is 4.79 Å². The van der Waals surface area contributed by atoms with Gasteiger partial charge in [0.15, 0.2) is 0 Å². The largest absolute Gasteiger partial charge is 0.348 e. The van der Waals surface area contributed by atoms with Crippen LogP contribution in [0.15, 0.2) is 12.1 Å². The van der Waals surface area contributed by atoms with Crippen molar-refractivity contribution >= 4 is 17.2 Å². The molecule has 1 heterocycles. The van der Waals surface area contributed by atoms with Crippen molar-refractivity contribution in [1.82, 2.24) is 10.2 Å². The van der Waals surface area contributed by atoms with Gasteiger partial charge in [-0.1, -0.05) is 20.8 Å². The fourth-order valence-electron chi connectivity index (χ4n) is 1.33. The summed E-state index contributed by atoms with van der Waals surface area (Å²) in [7, 11) is 3.54. The summed E-state index contributed by atoms with van der Waals surface area (Å²) < 4.78 is 0. The van der Waals surface area contributed by atoms with Gasteiger partial charge in [0.1, 0.15) is 0 Å². The number of nitrogens with one attached hydrogen (secondary N) is 1. The van der Waals surface area contributed by atoms with Crippen LogP contribution in [0.1, 0.15) is 30.5 Å². The minimum atomic E-state index is 0.109. The van der Waals surface area contributed by atoms with Crippen LogP contribution in [0.2, 0.25) is 0 Å². The number of hydrogen-bond acceptors (Lipinski definition) is 3. The lowest BCUT2D eigenvalue weighted by atomic mass is 9.95. The molecule has 0 saturated heterocycles. The van der Waals surface area contributed by atoms with Gasteiger partial charge in [0.2, 0.25) is 5.91 Å². The molecule has 0 aliphatic heterocycles. The molecule has 1 amide bonds. The number of hydrogen-bond donors (Lipinski definition) is 1. The van der Waals surface area contributed by atoms with Crippen LogP contribution in [0.5, 0.6) is 0 Å². The third-order valence-electron chi connectivity index (χ3n) is 2.48. The van der Waals surface area contributed by atoms with Crippen molar-refractivity contribution in [1.29, 1.82) is 0 Å². The molecule has 0 unspecified atom stereocenters. The first-order valence-corrected chi connectivity index (χ1v) is 6.62. The summed E-state index contributed by atoms with van der Waals surface area (Å²) in [6, 6.07) is 4.31. The van der Waals surface area contributed by atoms with Gasteiger partial charge >= 0.3 is 0 Å². The number of thiophene rings is 1. The molecule has 1 aromatic heterocycles. The molecular formula is C13H22N2OS. The summed E-state index contributed by atoms with van der Waals surface area (Å²) in [6.45, 7) is 7.80. The molecule has 0 bridgehead atoms. The van der Waals surface area contributed by atoms with Gasteiger partial charge in [-0.25, -0.2) is 0 Å². The Bertz CT molecular complexity index is 377. The Morgan fingerprint density at radius 2 is 2.00 bits per heavy atom. The summed E-state index contributed by atoms with van der Waals surface area (Å²) in [5, 5.41) is 3.17. The van der Waals surface area contributed by atoms with Gasteiger partial charge in [-0.15, -0.1) is 11.3 Å². The Hall–Kier alpha value is -0.870. The smallest absolute Gasteiger partial charge is 0.236 e. The quantitative estimate of drug-likeness (QED) is 0.893. The Morgan fingerprint density at radius 1 is 1.35 bits per heavy atom. The van der Waals surface area contributed by atoms with Crippen molar-refractivity contribution in [2.75, 3.05) is 20.6 Å². The fourth-order valence-corrected chi connectivity index (χ4v) is 2.36. The van der Waals surface area contributed by atoms with E-state index in [1.54, 1.807) is 19.0 Å². The molecule has 0 radical (unpaired) electrons. The number of rotatable bonds is 4. The van der Waals surface area contributed by atoms with Gasteiger partial charge in [0.05, 0.1) is 6.54 Å². The molecule has 0 atom stereocenters. The third kappa shape index (κ3) is 4.48. The number of carbonyl (C=O) groups is 1. The van der Waals surface area contributed by atoms with Crippen LogP contribution in [-0.2, 0) is 16.8 Å². The molecule has 0 saturated carbocycles. The van der Waals surface area contributed by atoms with E-state index >= 15 is 0 Å². The molecule has 0 aromatic carbocycles. The number of likely N-dealkylation sites (N-methyl/N-ethyl adjacent to an activating group) is 1. The first kappa shape index (κ1) is 14.2. The van der Waals surface area contributed by atoms with E-state index in [4.69, 9.17) is 0 Å². The predicted molar refractivity (Wildman–Crippen MR) is 73.4 cm³/mol. The third-order valence-corrected chi connectivity index (χ3v) is 3.99. The van der Waals surface area contributed by atoms with E-state index in [0.717, 1.165) is 6.54 Å². The first-order chi connectivity index (χ1) is 7.80. The number of amides is 1. The van der Waals surface area contributed by atoms with Crippen molar-refractivity contribution in [2.45, 2.75) is 32.7 Å². The van der Waals surface area contributed by atoms with Crippen LogP contribution in [-0.4, -0.2) is 31.4 Å². The highest BCUT2D eigenvalue weighted by Gasteiger charge is 2.15. The van der Waals surface area contributed by atoms with Crippen LogP contribution < -0.4 is 5.32 Å². The van der Waals surface area contributed by atoms with Crippen molar-refractivity contribution in [3.63, 3.8) is 0 Å². The Morgan fingerprint density at radius 3 is 2.47 bits per heavy atom. The molecule has 1 aromatic rings. The van der Waals surface area contributed by atoms with E-state index in [1.165, 1.54) is 9.75 Å². The average Bonchev–Trinajstić information content (AvgIpc) is 2.65. The van der Waals surface area contributed by atoms with Crippen LogP contribution in [0.25, 0.3) is 0 Å². The fraction of sp³-hybridized carbons (Fsp3) is 0.615. The van der Waals surface area contributed by atoms with Gasteiger partial charge < -0.3 is 10.2 Å². The molecule has 0 aliphatic carbocycles. The summed E-state index contributed by atoms with van der Waals surface area (Å²) in [4.78, 5) is 15.6. The highest BCUT2D eigenvalue weighted by atomic mass is 32.1. The minimum Gasteiger partial charge on any atom is -0.348 e. The highest BCUT2D eigenvalue weighted by Crippen LogP contribution is 2.29. The summed E-state index contributed by atoms with van der Waals surface area (Å²) in [5.74, 6) is 0.109. The van der Waals surface area contributed by atoms with Gasteiger partial charge in [0, 0.05) is 30.4 Å². The second-order valence-electron chi connectivity index (χ2n) is 5.41. The molecule has 96 valence electrons. The molecule has 4 heteroatoms. The molecule has 1 N–H and O–H groups in total. The van der Waals surface area contributed by atoms with E-state index in [2.05, 4.69) is 38.2 Å². The minimum absolute atomic E-state index is 0.109. The van der Waals surface area contributed by atoms with Gasteiger partial charge in [-0.2, -0.15) is 0 Å². The lowest BCUT2D eigenvalue weighted by Crippen LogP contribution is -2.32. The van der Waals surface area contributed by atoms with Crippen molar-refractivity contribution in [3.05, 3.63) is 21.9 Å². The summed E-state index contributed by atoms with van der Waals surface area (Å²) in [6.07, 6.45) is 0. The summed E-state index contributed by atoms with van der Waals surface area (Å²) >= 11 is 1.81. The Balaban J connectivity index is 2.43. The van der Waals surface area contributed by atoms with Crippen LogP contribution in [0.4, 0.5) is 0 Å². The van der Waals surface area contributed by atoms with Crippen molar-refractivity contribution in [2.24, 2.45) is 0 Å². The lowest BCUT2D eigenvalue weighted by Gasteiger charge is -2.15. The monoisotopic (exact) mass is 254 g/mol. The maximum absolute atomic E-state index is 11.4. The predicted octanol–water partition coefficient (Wildman–Crippen LogP) is 2.22. The molecular weight excluding hydrogens is 232 g/mol. The molecule has 0 fully saturated rings. The Labute approximate surface area is 108 Å². The van der Waals surface area contributed by atoms with Crippen LogP contribution >= 0.6 is 11.3 Å². The van der Waals surface area contributed by atoms with Crippen LogP contribution in [0, 0.1) is 0 Å². The normalized spacial score (nSPS) is 11.6. The standard InChI is InChI=1S/C13H22N2OS/c1-13(2,3)11-7-6-10(17-11)8-14-9-12(16)15(4)5/h6-7,14H,8-9H2,1-5H3. The number of nitrogens with zero attached hydrogens (tertiary/aromatic N) is 1.